The number of amides is 2. The number of para-hydroxylation sites is 1. The molecule has 3 aromatic carbocycles. The third-order valence-corrected chi connectivity index (χ3v) is 6.46. The zero-order valence-electron chi connectivity index (χ0n) is 18.6. The zero-order valence-corrected chi connectivity index (χ0v) is 19.4. The molecular formula is C28H20N4O2S. The summed E-state index contributed by atoms with van der Waals surface area (Å²) in [5.74, 6) is -0.704. The van der Waals surface area contributed by atoms with Crippen molar-refractivity contribution in [3.05, 3.63) is 107 Å². The van der Waals surface area contributed by atoms with Gasteiger partial charge < -0.3 is 5.32 Å². The number of hydrogen-bond acceptors (Lipinski definition) is 6. The van der Waals surface area contributed by atoms with Gasteiger partial charge in [-0.25, -0.2) is 4.90 Å². The van der Waals surface area contributed by atoms with E-state index in [1.54, 1.807) is 24.3 Å². The Morgan fingerprint density at radius 1 is 0.857 bits per heavy atom. The Labute approximate surface area is 207 Å². The lowest BCUT2D eigenvalue weighted by Gasteiger charge is -2.16. The van der Waals surface area contributed by atoms with Crippen molar-refractivity contribution >= 4 is 47.1 Å². The van der Waals surface area contributed by atoms with Crippen LogP contribution in [0, 0.1) is 22.7 Å². The van der Waals surface area contributed by atoms with Gasteiger partial charge in [0, 0.05) is 12.1 Å². The third kappa shape index (κ3) is 5.67. The molecule has 0 spiro atoms. The molecule has 4 rings (SSSR count). The van der Waals surface area contributed by atoms with E-state index in [9.17, 15) is 20.1 Å². The lowest BCUT2D eigenvalue weighted by Crippen LogP contribution is -2.31. The Kier molecular flexibility index (Phi) is 7.42. The van der Waals surface area contributed by atoms with Gasteiger partial charge in [-0.1, -0.05) is 84.6 Å². The average molecular weight is 477 g/mol. The van der Waals surface area contributed by atoms with Crippen LogP contribution in [0.2, 0.25) is 0 Å². The summed E-state index contributed by atoms with van der Waals surface area (Å²) >= 11 is 1.02. The van der Waals surface area contributed by atoms with Crippen LogP contribution in [0.5, 0.6) is 0 Å². The van der Waals surface area contributed by atoms with Gasteiger partial charge in [0.25, 0.3) is 0 Å². The van der Waals surface area contributed by atoms with Crippen molar-refractivity contribution < 1.29 is 9.59 Å². The SMILES string of the molecule is N#CC(C#N)=C(Nc1ccccc1)S[C@@H]1CC(=O)N(c2ccc(/C=C/c3ccccc3)cc2)C1=O. The molecule has 0 bridgehead atoms. The summed E-state index contributed by atoms with van der Waals surface area (Å²) in [6.45, 7) is 0. The van der Waals surface area contributed by atoms with Crippen LogP contribution in [-0.2, 0) is 9.59 Å². The van der Waals surface area contributed by atoms with Gasteiger partial charge in [0.2, 0.25) is 11.8 Å². The molecule has 35 heavy (non-hydrogen) atoms. The minimum atomic E-state index is -0.747. The molecule has 170 valence electrons. The first-order chi connectivity index (χ1) is 17.1. The van der Waals surface area contributed by atoms with Crippen molar-refractivity contribution in [3.63, 3.8) is 0 Å². The molecule has 0 unspecified atom stereocenters. The summed E-state index contributed by atoms with van der Waals surface area (Å²) in [6.07, 6.45) is 3.93. The van der Waals surface area contributed by atoms with Gasteiger partial charge in [-0.15, -0.1) is 0 Å². The van der Waals surface area contributed by atoms with E-state index in [4.69, 9.17) is 0 Å². The number of nitriles is 2. The second kappa shape index (κ2) is 11.0. The van der Waals surface area contributed by atoms with Crippen LogP contribution >= 0.6 is 11.8 Å². The number of benzene rings is 3. The highest BCUT2D eigenvalue weighted by atomic mass is 32.2. The molecule has 1 N–H and O–H groups in total. The molecule has 0 aliphatic carbocycles. The quantitative estimate of drug-likeness (QED) is 0.271. The summed E-state index contributed by atoms with van der Waals surface area (Å²) in [5, 5.41) is 21.3. The van der Waals surface area contributed by atoms with E-state index >= 15 is 0 Å². The Morgan fingerprint density at radius 3 is 2.03 bits per heavy atom. The van der Waals surface area contributed by atoms with Crippen LogP contribution in [0.15, 0.2) is 95.5 Å². The van der Waals surface area contributed by atoms with E-state index in [0.717, 1.165) is 22.9 Å². The maximum absolute atomic E-state index is 13.2. The van der Waals surface area contributed by atoms with Crippen molar-refractivity contribution in [3.8, 4) is 12.1 Å². The fourth-order valence-electron chi connectivity index (χ4n) is 3.53. The van der Waals surface area contributed by atoms with Crippen LogP contribution < -0.4 is 10.2 Å². The van der Waals surface area contributed by atoms with Crippen LogP contribution in [0.4, 0.5) is 11.4 Å². The standard InChI is InChI=1S/C28H20N4O2S/c29-18-22(19-30)27(31-23-9-5-2-6-10-23)35-25-17-26(33)32(28(25)34)24-15-13-21(14-16-24)12-11-20-7-3-1-4-8-20/h1-16,25,31H,17H2/b12-11+/t25-/m1/s1. The molecular weight excluding hydrogens is 456 g/mol. The zero-order chi connectivity index (χ0) is 24.6. The number of carbonyl (C=O) groups excluding carboxylic acids is 2. The topological polar surface area (TPSA) is 97.0 Å². The number of imide groups is 1. The highest BCUT2D eigenvalue weighted by Gasteiger charge is 2.41. The number of carbonyl (C=O) groups is 2. The maximum Gasteiger partial charge on any atom is 0.247 e. The van der Waals surface area contributed by atoms with Crippen LogP contribution in [0.3, 0.4) is 0 Å². The smallest absolute Gasteiger partial charge is 0.247 e. The number of hydrogen-bond donors (Lipinski definition) is 1. The van der Waals surface area contributed by atoms with Gasteiger partial charge >= 0.3 is 0 Å². The first kappa shape index (κ1) is 23.6. The van der Waals surface area contributed by atoms with Gasteiger partial charge in [0.15, 0.2) is 5.57 Å². The van der Waals surface area contributed by atoms with E-state index < -0.39 is 5.25 Å². The van der Waals surface area contributed by atoms with Crippen molar-refractivity contribution in [1.29, 1.82) is 10.5 Å². The number of anilines is 2. The molecule has 0 saturated carbocycles. The molecule has 0 aromatic heterocycles. The molecule has 1 saturated heterocycles. The minimum Gasteiger partial charge on any atom is -0.349 e. The summed E-state index contributed by atoms with van der Waals surface area (Å²) in [7, 11) is 0. The highest BCUT2D eigenvalue weighted by Crippen LogP contribution is 2.35. The first-order valence-electron chi connectivity index (χ1n) is 10.8. The second-order valence-electron chi connectivity index (χ2n) is 7.63. The second-order valence-corrected chi connectivity index (χ2v) is 8.85. The largest absolute Gasteiger partial charge is 0.349 e. The monoisotopic (exact) mass is 476 g/mol. The summed E-state index contributed by atoms with van der Waals surface area (Å²) in [6, 6.07) is 29.8. The predicted octanol–water partition coefficient (Wildman–Crippen LogP) is 5.59. The van der Waals surface area contributed by atoms with Crippen LogP contribution in [0.25, 0.3) is 12.2 Å². The number of nitrogens with one attached hydrogen (secondary N) is 1. The fraction of sp³-hybridized carbons (Fsp3) is 0.0714. The Hall–Kier alpha value is -4.59. The van der Waals surface area contributed by atoms with Gasteiger partial charge in [-0.05, 0) is 35.4 Å². The van der Waals surface area contributed by atoms with Gasteiger partial charge in [0.05, 0.1) is 10.9 Å². The molecule has 1 fully saturated rings. The normalized spacial score (nSPS) is 15.0. The maximum atomic E-state index is 13.2. The average Bonchev–Trinajstić information content (AvgIpc) is 3.17. The van der Waals surface area contributed by atoms with Gasteiger partial charge in [-0.2, -0.15) is 10.5 Å². The molecule has 6 nitrogen and oxygen atoms in total. The van der Waals surface area contributed by atoms with Crippen LogP contribution in [-0.4, -0.2) is 17.1 Å². The van der Waals surface area contributed by atoms with Crippen molar-refractivity contribution in [2.24, 2.45) is 0 Å². The molecule has 1 aliphatic rings. The predicted molar refractivity (Wildman–Crippen MR) is 139 cm³/mol. The Morgan fingerprint density at radius 2 is 1.43 bits per heavy atom. The molecule has 2 amide bonds. The third-order valence-electron chi connectivity index (χ3n) is 5.27. The summed E-state index contributed by atoms with van der Waals surface area (Å²) < 4.78 is 0. The summed E-state index contributed by atoms with van der Waals surface area (Å²) in [5.41, 5.74) is 3.02. The van der Waals surface area contributed by atoms with E-state index in [1.807, 2.05) is 85.0 Å². The number of rotatable bonds is 7. The molecule has 1 atom stereocenters. The highest BCUT2D eigenvalue weighted by molar-refractivity contribution is 8.04. The fourth-order valence-corrected chi connectivity index (χ4v) is 4.63. The van der Waals surface area contributed by atoms with Gasteiger partial charge in [0.1, 0.15) is 17.2 Å². The van der Waals surface area contributed by atoms with E-state index in [0.29, 0.717) is 11.4 Å². The Balaban J connectivity index is 1.50. The lowest BCUT2D eigenvalue weighted by atomic mass is 10.1. The lowest BCUT2D eigenvalue weighted by molar-refractivity contribution is -0.121. The summed E-state index contributed by atoms with van der Waals surface area (Å²) in [4.78, 5) is 27.1. The molecule has 3 aromatic rings. The Bertz CT molecular complexity index is 1350. The first-order valence-corrected chi connectivity index (χ1v) is 11.7. The van der Waals surface area contributed by atoms with Crippen molar-refractivity contribution in [2.45, 2.75) is 11.7 Å². The van der Waals surface area contributed by atoms with E-state index in [-0.39, 0.29) is 28.8 Å². The van der Waals surface area contributed by atoms with Gasteiger partial charge in [-0.3, -0.25) is 9.59 Å². The number of thioether (sulfide) groups is 1. The number of allylic oxidation sites excluding steroid dienone is 1. The molecule has 0 radical (unpaired) electrons. The van der Waals surface area contributed by atoms with Crippen LogP contribution in [0.1, 0.15) is 17.5 Å². The minimum absolute atomic E-state index is 0.0245. The van der Waals surface area contributed by atoms with Crippen molar-refractivity contribution in [1.82, 2.24) is 0 Å². The molecule has 1 heterocycles. The van der Waals surface area contributed by atoms with E-state index in [1.165, 1.54) is 4.90 Å². The van der Waals surface area contributed by atoms with E-state index in [2.05, 4.69) is 5.32 Å². The number of nitrogens with zero attached hydrogens (tertiary/aromatic N) is 3. The molecule has 1 aliphatic heterocycles. The van der Waals surface area contributed by atoms with Crippen molar-refractivity contribution in [2.75, 3.05) is 10.2 Å². The molecule has 7 heteroatoms.